The van der Waals surface area contributed by atoms with E-state index in [2.05, 4.69) is 5.16 Å². The van der Waals surface area contributed by atoms with Crippen molar-refractivity contribution in [2.24, 2.45) is 5.73 Å². The SMILES string of the molecule is CO[C@@H](N)c1cc(C)no1. The third-order valence-corrected chi connectivity index (χ3v) is 1.18. The van der Waals surface area contributed by atoms with Gasteiger partial charge in [-0.1, -0.05) is 5.16 Å². The Bertz CT molecular complexity index is 209. The van der Waals surface area contributed by atoms with Crippen molar-refractivity contribution in [2.75, 3.05) is 7.11 Å². The minimum Gasteiger partial charge on any atom is -0.359 e. The number of hydrogen-bond acceptors (Lipinski definition) is 4. The summed E-state index contributed by atoms with van der Waals surface area (Å²) < 4.78 is 9.61. The van der Waals surface area contributed by atoms with Crippen molar-refractivity contribution in [1.82, 2.24) is 5.16 Å². The van der Waals surface area contributed by atoms with Crippen LogP contribution < -0.4 is 5.73 Å². The highest BCUT2D eigenvalue weighted by molar-refractivity contribution is 5.04. The van der Waals surface area contributed by atoms with Crippen LogP contribution in [0.15, 0.2) is 10.6 Å². The van der Waals surface area contributed by atoms with Gasteiger partial charge in [0.15, 0.2) is 12.0 Å². The summed E-state index contributed by atoms with van der Waals surface area (Å²) in [5.41, 5.74) is 6.26. The van der Waals surface area contributed by atoms with Crippen LogP contribution in [0.5, 0.6) is 0 Å². The van der Waals surface area contributed by atoms with E-state index in [0.717, 1.165) is 5.69 Å². The maximum Gasteiger partial charge on any atom is 0.180 e. The van der Waals surface area contributed by atoms with Crippen molar-refractivity contribution in [3.63, 3.8) is 0 Å². The van der Waals surface area contributed by atoms with Crippen LogP contribution in [0.2, 0.25) is 0 Å². The maximum absolute atomic E-state index is 5.45. The molecule has 0 saturated carbocycles. The Kier molecular flexibility index (Phi) is 2.03. The first-order valence-corrected chi connectivity index (χ1v) is 2.95. The molecule has 0 aliphatic carbocycles. The van der Waals surface area contributed by atoms with E-state index in [1.165, 1.54) is 7.11 Å². The molecular formula is C6H10N2O2. The van der Waals surface area contributed by atoms with Crippen molar-refractivity contribution in [1.29, 1.82) is 0 Å². The zero-order valence-corrected chi connectivity index (χ0v) is 6.00. The Morgan fingerprint density at radius 1 is 1.80 bits per heavy atom. The average Bonchev–Trinajstić information content (AvgIpc) is 2.34. The van der Waals surface area contributed by atoms with Gasteiger partial charge in [0.1, 0.15) is 0 Å². The summed E-state index contributed by atoms with van der Waals surface area (Å²) in [5, 5.41) is 3.65. The number of rotatable bonds is 2. The monoisotopic (exact) mass is 142 g/mol. The Morgan fingerprint density at radius 2 is 2.50 bits per heavy atom. The number of nitrogens with two attached hydrogens (primary N) is 1. The predicted molar refractivity (Wildman–Crippen MR) is 35.2 cm³/mol. The summed E-state index contributed by atoms with van der Waals surface area (Å²) in [6.07, 6.45) is -0.499. The molecule has 0 radical (unpaired) electrons. The van der Waals surface area contributed by atoms with Gasteiger partial charge >= 0.3 is 0 Å². The van der Waals surface area contributed by atoms with Gasteiger partial charge in [-0.15, -0.1) is 0 Å². The third kappa shape index (κ3) is 1.34. The molecule has 0 aliphatic rings. The molecule has 0 saturated heterocycles. The molecule has 0 aliphatic heterocycles. The predicted octanol–water partition coefficient (Wildman–Crippen LogP) is 0.587. The molecule has 1 heterocycles. The minimum atomic E-state index is -0.499. The summed E-state index contributed by atoms with van der Waals surface area (Å²) >= 11 is 0. The first-order valence-electron chi connectivity index (χ1n) is 2.95. The molecule has 1 rings (SSSR count). The van der Waals surface area contributed by atoms with Crippen molar-refractivity contribution in [3.05, 3.63) is 17.5 Å². The molecule has 1 aromatic rings. The first-order chi connectivity index (χ1) is 4.74. The highest BCUT2D eigenvalue weighted by Crippen LogP contribution is 2.10. The van der Waals surface area contributed by atoms with Gasteiger partial charge < -0.3 is 9.26 Å². The van der Waals surface area contributed by atoms with E-state index in [9.17, 15) is 0 Å². The molecule has 0 aromatic carbocycles. The van der Waals surface area contributed by atoms with Crippen molar-refractivity contribution < 1.29 is 9.26 Å². The summed E-state index contributed by atoms with van der Waals surface area (Å²) in [4.78, 5) is 0. The quantitative estimate of drug-likeness (QED) is 0.614. The van der Waals surface area contributed by atoms with E-state index in [1.807, 2.05) is 6.92 Å². The lowest BCUT2D eigenvalue weighted by molar-refractivity contribution is 0.0834. The summed E-state index contributed by atoms with van der Waals surface area (Å²) in [6, 6.07) is 1.74. The molecule has 4 heteroatoms. The molecule has 1 atom stereocenters. The highest BCUT2D eigenvalue weighted by atomic mass is 16.5. The second kappa shape index (κ2) is 2.81. The number of aryl methyl sites for hydroxylation is 1. The Hall–Kier alpha value is -0.870. The average molecular weight is 142 g/mol. The molecule has 0 bridgehead atoms. The van der Waals surface area contributed by atoms with Crippen LogP contribution in [0.1, 0.15) is 17.7 Å². The van der Waals surface area contributed by atoms with E-state index in [4.69, 9.17) is 15.0 Å². The van der Waals surface area contributed by atoms with Gasteiger partial charge in [-0.05, 0) is 6.92 Å². The van der Waals surface area contributed by atoms with E-state index >= 15 is 0 Å². The van der Waals surface area contributed by atoms with Crippen LogP contribution in [0.3, 0.4) is 0 Å². The molecule has 0 unspecified atom stereocenters. The molecular weight excluding hydrogens is 132 g/mol. The van der Waals surface area contributed by atoms with Gasteiger partial charge in [-0.3, -0.25) is 5.73 Å². The van der Waals surface area contributed by atoms with Gasteiger partial charge in [0.05, 0.1) is 5.69 Å². The fourth-order valence-electron chi connectivity index (χ4n) is 0.634. The van der Waals surface area contributed by atoms with Crippen LogP contribution in [0.4, 0.5) is 0 Å². The Balaban J connectivity index is 2.74. The molecule has 10 heavy (non-hydrogen) atoms. The highest BCUT2D eigenvalue weighted by Gasteiger charge is 2.08. The molecule has 0 spiro atoms. The number of ether oxygens (including phenoxy) is 1. The molecule has 4 nitrogen and oxygen atoms in total. The smallest absolute Gasteiger partial charge is 0.180 e. The van der Waals surface area contributed by atoms with E-state index in [1.54, 1.807) is 6.07 Å². The second-order valence-electron chi connectivity index (χ2n) is 2.03. The van der Waals surface area contributed by atoms with Gasteiger partial charge in [0.2, 0.25) is 0 Å². The van der Waals surface area contributed by atoms with Gasteiger partial charge in [0.25, 0.3) is 0 Å². The van der Waals surface area contributed by atoms with Crippen molar-refractivity contribution >= 4 is 0 Å². The van der Waals surface area contributed by atoms with Crippen LogP contribution in [0.25, 0.3) is 0 Å². The number of aromatic nitrogens is 1. The second-order valence-corrected chi connectivity index (χ2v) is 2.03. The van der Waals surface area contributed by atoms with E-state index in [0.29, 0.717) is 5.76 Å². The van der Waals surface area contributed by atoms with Crippen molar-refractivity contribution in [2.45, 2.75) is 13.2 Å². The molecule has 0 amide bonds. The maximum atomic E-state index is 5.45. The van der Waals surface area contributed by atoms with Gasteiger partial charge in [-0.2, -0.15) is 0 Å². The fraction of sp³-hybridized carbons (Fsp3) is 0.500. The normalized spacial score (nSPS) is 13.5. The van der Waals surface area contributed by atoms with E-state index < -0.39 is 6.23 Å². The van der Waals surface area contributed by atoms with E-state index in [-0.39, 0.29) is 0 Å². The van der Waals surface area contributed by atoms with Crippen LogP contribution in [-0.4, -0.2) is 12.3 Å². The Morgan fingerprint density at radius 3 is 2.90 bits per heavy atom. The van der Waals surface area contributed by atoms with Crippen LogP contribution in [0, 0.1) is 6.92 Å². The number of nitrogens with zero attached hydrogens (tertiary/aromatic N) is 1. The molecule has 2 N–H and O–H groups in total. The summed E-state index contributed by atoms with van der Waals surface area (Å²) in [5.74, 6) is 0.556. The topological polar surface area (TPSA) is 61.3 Å². The summed E-state index contributed by atoms with van der Waals surface area (Å²) in [7, 11) is 1.52. The van der Waals surface area contributed by atoms with Crippen LogP contribution in [-0.2, 0) is 4.74 Å². The zero-order valence-electron chi connectivity index (χ0n) is 6.00. The molecule has 1 aromatic heterocycles. The zero-order chi connectivity index (χ0) is 7.56. The van der Waals surface area contributed by atoms with Crippen molar-refractivity contribution in [3.8, 4) is 0 Å². The number of hydrogen-bond donors (Lipinski definition) is 1. The van der Waals surface area contributed by atoms with Gasteiger partial charge in [-0.25, -0.2) is 0 Å². The molecule has 0 fully saturated rings. The Labute approximate surface area is 58.9 Å². The summed E-state index contributed by atoms with van der Waals surface area (Å²) in [6.45, 7) is 1.83. The fourth-order valence-corrected chi connectivity index (χ4v) is 0.634. The minimum absolute atomic E-state index is 0.499. The lowest BCUT2D eigenvalue weighted by Gasteiger charge is -2.01. The lowest BCUT2D eigenvalue weighted by atomic mass is 10.4. The lowest BCUT2D eigenvalue weighted by Crippen LogP contribution is -2.10. The van der Waals surface area contributed by atoms with Gasteiger partial charge in [0, 0.05) is 13.2 Å². The largest absolute Gasteiger partial charge is 0.359 e. The first kappa shape index (κ1) is 7.24. The molecule has 56 valence electrons. The van der Waals surface area contributed by atoms with Crippen LogP contribution >= 0.6 is 0 Å². The third-order valence-electron chi connectivity index (χ3n) is 1.18. The standard InChI is InChI=1S/C6H10N2O2/c1-4-3-5(10-8-4)6(7)9-2/h3,6H,7H2,1-2H3/t6-/m1/s1. The number of methoxy groups -OCH3 is 1.